The zero-order valence-electron chi connectivity index (χ0n) is 29.6. The molecule has 0 radical (unpaired) electrons. The first kappa shape index (κ1) is 43.7. The number of allylic oxidation sites excluding steroid dienone is 6. The first-order valence-electron chi connectivity index (χ1n) is 17.7. The molecule has 0 saturated heterocycles. The molecule has 0 aliphatic carbocycles. The highest BCUT2D eigenvalue weighted by molar-refractivity contribution is 7.47. The number of nitrogens with zero attached hydrogens (tertiary/aromatic N) is 1. The summed E-state index contributed by atoms with van der Waals surface area (Å²) in [6.45, 7) is 5.38. The normalized spacial score (nSPS) is 14.5. The maximum Gasteiger partial charge on any atom is 0.472 e. The Bertz CT molecular complexity index is 823. The molecule has 1 N–H and O–H groups in total. The molecule has 0 amide bonds. The molecule has 0 saturated carbocycles. The maximum absolute atomic E-state index is 12.3. The first-order valence-corrected chi connectivity index (χ1v) is 19.2. The predicted octanol–water partition coefficient (Wildman–Crippen LogP) is 9.48. The Hall–Kier alpha value is -1.28. The number of ether oxygens (including phenoxy) is 2. The van der Waals surface area contributed by atoms with Crippen LogP contribution in [0.15, 0.2) is 36.5 Å². The van der Waals surface area contributed by atoms with Crippen molar-refractivity contribution in [3.8, 4) is 0 Å². The van der Waals surface area contributed by atoms with E-state index >= 15 is 0 Å². The molecule has 45 heavy (non-hydrogen) atoms. The minimum atomic E-state index is -4.25. The standard InChI is InChI=1S/C36H68NO7P/c1-6-8-10-11-12-13-14-15-16-17-18-19-20-21-22-23-24-25-26-28-31-41-33-35(44-36(38)29-27-9-7-2)34-43-45(39,40)42-32-30-37(3,4)5/h12-13,15-16,18-19,35H,6-11,14,17,20-34H2,1-5H3/p+1/b13-12-,16-15-,19-18-. The van der Waals surface area contributed by atoms with E-state index in [0.29, 0.717) is 24.1 Å². The summed E-state index contributed by atoms with van der Waals surface area (Å²) in [5, 5.41) is 0. The van der Waals surface area contributed by atoms with Crippen LogP contribution in [0.4, 0.5) is 0 Å². The molecular formula is C36H69NO7P+. The molecule has 0 rings (SSSR count). The molecule has 0 spiro atoms. The Morgan fingerprint density at radius 1 is 0.689 bits per heavy atom. The Morgan fingerprint density at radius 3 is 1.82 bits per heavy atom. The molecule has 0 heterocycles. The minimum absolute atomic E-state index is 0.0852. The molecule has 0 aromatic heterocycles. The van der Waals surface area contributed by atoms with Crippen LogP contribution in [0.2, 0.25) is 0 Å². The topological polar surface area (TPSA) is 91.3 Å². The van der Waals surface area contributed by atoms with Crippen molar-refractivity contribution in [2.45, 2.75) is 136 Å². The van der Waals surface area contributed by atoms with Crippen molar-refractivity contribution in [2.24, 2.45) is 0 Å². The van der Waals surface area contributed by atoms with Crippen LogP contribution in [0.5, 0.6) is 0 Å². The van der Waals surface area contributed by atoms with Gasteiger partial charge in [0.2, 0.25) is 0 Å². The second kappa shape index (κ2) is 30.1. The molecule has 8 nitrogen and oxygen atoms in total. The van der Waals surface area contributed by atoms with Crippen LogP contribution in [-0.4, -0.2) is 75.6 Å². The lowest BCUT2D eigenvalue weighted by Crippen LogP contribution is -2.37. The molecule has 0 bridgehead atoms. The van der Waals surface area contributed by atoms with Gasteiger partial charge in [-0.25, -0.2) is 4.57 Å². The Kier molecular flexibility index (Phi) is 29.2. The molecule has 0 fully saturated rings. The summed E-state index contributed by atoms with van der Waals surface area (Å²) in [6, 6.07) is 0. The van der Waals surface area contributed by atoms with Gasteiger partial charge in [0.15, 0.2) is 0 Å². The van der Waals surface area contributed by atoms with E-state index in [0.717, 1.165) is 51.4 Å². The highest BCUT2D eigenvalue weighted by Crippen LogP contribution is 2.43. The van der Waals surface area contributed by atoms with Crippen LogP contribution >= 0.6 is 7.82 Å². The van der Waals surface area contributed by atoms with Crippen LogP contribution in [0.3, 0.4) is 0 Å². The molecule has 0 aromatic carbocycles. The van der Waals surface area contributed by atoms with E-state index < -0.39 is 13.9 Å². The fraction of sp³-hybridized carbons (Fsp3) is 0.806. The van der Waals surface area contributed by atoms with Gasteiger partial charge in [0, 0.05) is 13.0 Å². The zero-order valence-corrected chi connectivity index (χ0v) is 30.5. The van der Waals surface area contributed by atoms with Gasteiger partial charge in [-0.3, -0.25) is 13.8 Å². The molecule has 0 aliphatic heterocycles. The van der Waals surface area contributed by atoms with Crippen molar-refractivity contribution >= 4 is 13.8 Å². The van der Waals surface area contributed by atoms with E-state index in [1.54, 1.807) is 0 Å². The number of hydrogen-bond donors (Lipinski definition) is 1. The van der Waals surface area contributed by atoms with Crippen LogP contribution in [0, 0.1) is 0 Å². The van der Waals surface area contributed by atoms with Gasteiger partial charge in [0.1, 0.15) is 19.3 Å². The van der Waals surface area contributed by atoms with E-state index in [1.807, 2.05) is 21.1 Å². The van der Waals surface area contributed by atoms with Gasteiger partial charge in [0.25, 0.3) is 0 Å². The lowest BCUT2D eigenvalue weighted by Gasteiger charge is -2.24. The number of unbranched alkanes of at least 4 members (excludes halogenated alkanes) is 12. The second-order valence-electron chi connectivity index (χ2n) is 12.9. The van der Waals surface area contributed by atoms with Crippen molar-refractivity contribution in [1.82, 2.24) is 0 Å². The second-order valence-corrected chi connectivity index (χ2v) is 14.4. The van der Waals surface area contributed by atoms with Gasteiger partial charge in [-0.2, -0.15) is 0 Å². The number of esters is 1. The third kappa shape index (κ3) is 33.9. The van der Waals surface area contributed by atoms with Crippen LogP contribution in [0.25, 0.3) is 0 Å². The summed E-state index contributed by atoms with van der Waals surface area (Å²) >= 11 is 0. The third-order valence-electron chi connectivity index (χ3n) is 7.20. The minimum Gasteiger partial charge on any atom is -0.457 e. The largest absolute Gasteiger partial charge is 0.472 e. The van der Waals surface area contributed by atoms with E-state index in [-0.39, 0.29) is 25.8 Å². The van der Waals surface area contributed by atoms with Crippen molar-refractivity contribution in [3.05, 3.63) is 36.5 Å². The Balaban J connectivity index is 4.02. The van der Waals surface area contributed by atoms with E-state index in [9.17, 15) is 14.3 Å². The molecule has 2 unspecified atom stereocenters. The average Bonchev–Trinajstić information content (AvgIpc) is 2.97. The smallest absolute Gasteiger partial charge is 0.457 e. The van der Waals surface area contributed by atoms with Crippen molar-refractivity contribution < 1.29 is 37.3 Å². The van der Waals surface area contributed by atoms with Gasteiger partial charge in [0.05, 0.1) is 34.4 Å². The van der Waals surface area contributed by atoms with Crippen molar-refractivity contribution in [2.75, 3.05) is 54.1 Å². The van der Waals surface area contributed by atoms with Gasteiger partial charge in [-0.05, 0) is 51.4 Å². The number of rotatable bonds is 32. The summed E-state index contributed by atoms with van der Waals surface area (Å²) in [6.07, 6.45) is 32.5. The van der Waals surface area contributed by atoms with Gasteiger partial charge < -0.3 is 18.9 Å². The van der Waals surface area contributed by atoms with Gasteiger partial charge in [-0.1, -0.05) is 108 Å². The number of phosphoric ester groups is 1. The number of carbonyl (C=O) groups excluding carboxylic acids is 1. The lowest BCUT2D eigenvalue weighted by molar-refractivity contribution is -0.870. The van der Waals surface area contributed by atoms with Gasteiger partial charge >= 0.3 is 13.8 Å². The quantitative estimate of drug-likeness (QED) is 0.0253. The fourth-order valence-corrected chi connectivity index (χ4v) is 5.12. The average molecular weight is 659 g/mol. The number of phosphoric acid groups is 1. The summed E-state index contributed by atoms with van der Waals surface area (Å²) in [4.78, 5) is 22.3. The molecule has 0 aromatic rings. The number of hydrogen-bond acceptors (Lipinski definition) is 6. The predicted molar refractivity (Wildman–Crippen MR) is 187 cm³/mol. The van der Waals surface area contributed by atoms with Crippen LogP contribution in [0.1, 0.15) is 129 Å². The summed E-state index contributed by atoms with van der Waals surface area (Å²) in [7, 11) is 1.65. The summed E-state index contributed by atoms with van der Waals surface area (Å²) in [5.41, 5.74) is 0. The van der Waals surface area contributed by atoms with Crippen LogP contribution < -0.4 is 0 Å². The van der Waals surface area contributed by atoms with E-state index in [4.69, 9.17) is 18.5 Å². The molecular weight excluding hydrogens is 589 g/mol. The number of carbonyl (C=O) groups is 1. The van der Waals surface area contributed by atoms with Crippen LogP contribution in [-0.2, 0) is 27.9 Å². The molecule has 0 aliphatic rings. The molecule has 2 atom stereocenters. The van der Waals surface area contributed by atoms with Gasteiger partial charge in [-0.15, -0.1) is 0 Å². The van der Waals surface area contributed by atoms with E-state index in [2.05, 4.69) is 50.3 Å². The first-order chi connectivity index (χ1) is 21.6. The third-order valence-corrected chi connectivity index (χ3v) is 8.19. The summed E-state index contributed by atoms with van der Waals surface area (Å²) in [5.74, 6) is -0.344. The Labute approximate surface area is 276 Å². The zero-order chi connectivity index (χ0) is 33.5. The van der Waals surface area contributed by atoms with Crippen molar-refractivity contribution in [3.63, 3.8) is 0 Å². The molecule has 264 valence electrons. The highest BCUT2D eigenvalue weighted by Gasteiger charge is 2.26. The number of quaternary nitrogens is 1. The van der Waals surface area contributed by atoms with Crippen molar-refractivity contribution in [1.29, 1.82) is 0 Å². The summed E-state index contributed by atoms with van der Waals surface area (Å²) < 4.78 is 34.4. The SMILES string of the molecule is CCCCC/C=C\C/C=C\C/C=C\CCCCCCCCCOCC(COP(=O)(O)OCC[N+](C)(C)C)OC(=O)CCCCC. The number of likely N-dealkylation sites (N-methyl/N-ethyl adjacent to an activating group) is 1. The fourth-order valence-electron chi connectivity index (χ4n) is 4.38. The monoisotopic (exact) mass is 658 g/mol. The highest BCUT2D eigenvalue weighted by atomic mass is 31.2. The maximum atomic E-state index is 12.3. The molecule has 9 heteroatoms. The Morgan fingerprint density at radius 2 is 1.22 bits per heavy atom. The lowest BCUT2D eigenvalue weighted by atomic mass is 10.1. The van der Waals surface area contributed by atoms with E-state index in [1.165, 1.54) is 57.8 Å².